The van der Waals surface area contributed by atoms with Crippen LogP contribution in [0.15, 0.2) is 29.2 Å². The minimum absolute atomic E-state index is 0.0666. The molecule has 0 aliphatic heterocycles. The fourth-order valence-electron chi connectivity index (χ4n) is 1.25. The van der Waals surface area contributed by atoms with Crippen LogP contribution < -0.4 is 5.73 Å². The number of aliphatic hydroxyl groups excluding tert-OH is 1. The number of carbonyl (C=O) groups is 1. The third-order valence-corrected chi connectivity index (χ3v) is 3.54. The van der Waals surface area contributed by atoms with Gasteiger partial charge in [0.2, 0.25) is 0 Å². The zero-order valence-corrected chi connectivity index (χ0v) is 14.6. The fraction of sp³-hybridized carbons (Fsp3) is 0.533. The lowest BCUT2D eigenvalue weighted by atomic mass is 10.2. The maximum atomic E-state index is 11.0. The summed E-state index contributed by atoms with van der Waals surface area (Å²) in [7, 11) is -4.02. The summed E-state index contributed by atoms with van der Waals surface area (Å²) < 4.78 is 34.4. The number of hydrogen-bond acceptors (Lipinski definition) is 6. The van der Waals surface area contributed by atoms with Gasteiger partial charge in [0, 0.05) is 0 Å². The zero-order chi connectivity index (χ0) is 18.2. The summed E-state index contributed by atoms with van der Waals surface area (Å²) in [6, 6.07) is 5.06. The summed E-state index contributed by atoms with van der Waals surface area (Å²) in [5.74, 6) is -0.256. The van der Waals surface area contributed by atoms with Crippen LogP contribution in [0.3, 0.4) is 0 Å². The van der Waals surface area contributed by atoms with Gasteiger partial charge in [-0.2, -0.15) is 8.42 Å². The van der Waals surface area contributed by atoms with Crippen LogP contribution in [0.25, 0.3) is 0 Å². The highest BCUT2D eigenvalue weighted by molar-refractivity contribution is 7.85. The summed E-state index contributed by atoms with van der Waals surface area (Å²) in [6.45, 7) is 7.51. The van der Waals surface area contributed by atoms with Gasteiger partial charge >= 0.3 is 5.97 Å². The molecule has 0 bridgehead atoms. The molecule has 0 heterocycles. The number of rotatable bonds is 5. The highest BCUT2D eigenvalue weighted by Crippen LogP contribution is 2.08. The second-order valence-corrected chi connectivity index (χ2v) is 7.00. The van der Waals surface area contributed by atoms with E-state index in [1.165, 1.54) is 19.1 Å². The fourth-order valence-corrected chi connectivity index (χ4v) is 1.73. The van der Waals surface area contributed by atoms with E-state index in [1.54, 1.807) is 12.1 Å². The molecule has 0 aliphatic rings. The average Bonchev–Trinajstić information content (AvgIpc) is 2.43. The van der Waals surface area contributed by atoms with E-state index in [0.29, 0.717) is 6.61 Å². The van der Waals surface area contributed by atoms with Crippen LogP contribution in [0, 0.1) is 12.8 Å². The molecule has 8 heteroatoms. The lowest BCUT2D eigenvalue weighted by Gasteiger charge is -2.14. The quantitative estimate of drug-likeness (QED) is 0.538. The van der Waals surface area contributed by atoms with Crippen LogP contribution in [0.1, 0.15) is 26.3 Å². The minimum Gasteiger partial charge on any atom is -0.464 e. The molecular weight excluding hydrogens is 322 g/mol. The Labute approximate surface area is 137 Å². The van der Waals surface area contributed by atoms with Crippen LogP contribution in [-0.2, 0) is 19.6 Å². The molecule has 1 rings (SSSR count). The molecule has 2 atom stereocenters. The van der Waals surface area contributed by atoms with Crippen molar-refractivity contribution in [2.45, 2.75) is 44.7 Å². The molecule has 0 spiro atoms. The summed E-state index contributed by atoms with van der Waals surface area (Å²) in [4.78, 5) is 10.9. The second-order valence-electron chi connectivity index (χ2n) is 5.58. The van der Waals surface area contributed by atoms with E-state index in [1.807, 2.05) is 20.8 Å². The Hall–Kier alpha value is -1.48. The predicted molar refractivity (Wildman–Crippen MR) is 86.4 cm³/mol. The Balaban J connectivity index is 0.000000422. The molecule has 23 heavy (non-hydrogen) atoms. The Kier molecular flexibility index (Phi) is 8.99. The number of carbonyl (C=O) groups excluding carboxylic acids is 1. The van der Waals surface area contributed by atoms with E-state index < -0.39 is 28.2 Å². The number of hydrogen-bond donors (Lipinski definition) is 3. The summed E-state index contributed by atoms with van der Waals surface area (Å²) in [5, 5.41) is 8.93. The van der Waals surface area contributed by atoms with Gasteiger partial charge in [-0.25, -0.2) is 0 Å². The molecule has 1 aromatic rings. The number of aryl methyl sites for hydroxylation is 1. The van der Waals surface area contributed by atoms with Crippen LogP contribution in [0.4, 0.5) is 0 Å². The first-order valence-electron chi connectivity index (χ1n) is 7.09. The second kappa shape index (κ2) is 9.61. The standard InChI is InChI=1S/C8H17NO3.C7H8O3S/c1-5(2)4-12-8(11)7(9)6(3)10;1-6-2-4-7(5-3-6)11(8,9)10/h5-7,10H,4,9H2,1-3H3;2-5H,1H3,(H,8,9,10). The van der Waals surface area contributed by atoms with Crippen LogP contribution >= 0.6 is 0 Å². The highest BCUT2D eigenvalue weighted by Gasteiger charge is 2.20. The van der Waals surface area contributed by atoms with E-state index in [2.05, 4.69) is 0 Å². The van der Waals surface area contributed by atoms with Crippen molar-refractivity contribution in [1.82, 2.24) is 0 Å². The van der Waals surface area contributed by atoms with Crippen molar-refractivity contribution in [3.8, 4) is 0 Å². The first-order chi connectivity index (χ1) is 10.4. The van der Waals surface area contributed by atoms with Crippen LogP contribution in [0.5, 0.6) is 0 Å². The monoisotopic (exact) mass is 347 g/mol. The Morgan fingerprint density at radius 2 is 1.70 bits per heavy atom. The van der Waals surface area contributed by atoms with E-state index in [4.69, 9.17) is 20.1 Å². The van der Waals surface area contributed by atoms with E-state index in [9.17, 15) is 13.2 Å². The van der Waals surface area contributed by atoms with Gasteiger partial charge < -0.3 is 15.6 Å². The van der Waals surface area contributed by atoms with Gasteiger partial charge in [-0.05, 0) is 31.9 Å². The summed E-state index contributed by atoms with van der Waals surface area (Å²) in [6.07, 6.45) is -0.857. The number of esters is 1. The third kappa shape index (κ3) is 9.29. The summed E-state index contributed by atoms with van der Waals surface area (Å²) >= 11 is 0. The normalized spacial score (nSPS) is 13.7. The van der Waals surface area contributed by atoms with Gasteiger partial charge in [0.25, 0.3) is 10.1 Å². The molecular formula is C15H25NO6S. The Morgan fingerprint density at radius 1 is 1.22 bits per heavy atom. The van der Waals surface area contributed by atoms with Gasteiger partial charge in [0.1, 0.15) is 6.04 Å². The van der Waals surface area contributed by atoms with Gasteiger partial charge in [-0.15, -0.1) is 0 Å². The zero-order valence-electron chi connectivity index (χ0n) is 13.8. The molecule has 2 unspecified atom stereocenters. The lowest BCUT2D eigenvalue weighted by molar-refractivity contribution is -0.148. The molecule has 132 valence electrons. The van der Waals surface area contributed by atoms with E-state index >= 15 is 0 Å². The van der Waals surface area contributed by atoms with E-state index in [-0.39, 0.29) is 10.8 Å². The maximum absolute atomic E-state index is 11.0. The first kappa shape index (κ1) is 21.5. The van der Waals surface area contributed by atoms with Gasteiger partial charge in [-0.3, -0.25) is 9.35 Å². The smallest absolute Gasteiger partial charge is 0.325 e. The number of benzene rings is 1. The van der Waals surface area contributed by atoms with Crippen molar-refractivity contribution in [3.63, 3.8) is 0 Å². The molecule has 1 aromatic carbocycles. The molecule has 0 radical (unpaired) electrons. The van der Waals surface area contributed by atoms with Gasteiger partial charge in [0.05, 0.1) is 17.6 Å². The number of aliphatic hydroxyl groups is 1. The average molecular weight is 347 g/mol. The predicted octanol–water partition coefficient (Wildman–Crippen LogP) is 1.14. The third-order valence-electron chi connectivity index (χ3n) is 2.67. The summed E-state index contributed by atoms with van der Waals surface area (Å²) in [5.41, 5.74) is 6.28. The molecule has 0 fully saturated rings. The van der Waals surface area contributed by atoms with Crippen molar-refractivity contribution >= 4 is 16.1 Å². The minimum atomic E-state index is -4.02. The number of ether oxygens (including phenoxy) is 1. The molecule has 7 nitrogen and oxygen atoms in total. The van der Waals surface area contributed by atoms with Crippen LogP contribution in [0.2, 0.25) is 0 Å². The first-order valence-corrected chi connectivity index (χ1v) is 8.53. The molecule has 0 amide bonds. The topological polar surface area (TPSA) is 127 Å². The highest BCUT2D eigenvalue weighted by atomic mass is 32.2. The van der Waals surface area contributed by atoms with Crippen molar-refractivity contribution in [2.75, 3.05) is 6.61 Å². The Morgan fingerprint density at radius 3 is 2.04 bits per heavy atom. The van der Waals surface area contributed by atoms with E-state index in [0.717, 1.165) is 5.56 Å². The van der Waals surface area contributed by atoms with Gasteiger partial charge in [0.15, 0.2) is 0 Å². The molecule has 0 saturated heterocycles. The van der Waals surface area contributed by atoms with Crippen LogP contribution in [-0.4, -0.2) is 42.8 Å². The molecule has 4 N–H and O–H groups in total. The molecule has 0 aliphatic carbocycles. The lowest BCUT2D eigenvalue weighted by Crippen LogP contribution is -2.41. The van der Waals surface area contributed by atoms with Crippen molar-refractivity contribution in [3.05, 3.63) is 29.8 Å². The van der Waals surface area contributed by atoms with Crippen molar-refractivity contribution in [1.29, 1.82) is 0 Å². The molecule has 0 aromatic heterocycles. The molecule has 0 saturated carbocycles. The van der Waals surface area contributed by atoms with Crippen molar-refractivity contribution in [2.24, 2.45) is 11.7 Å². The Bertz CT molecular complexity index is 580. The SMILES string of the molecule is CC(C)COC(=O)C(N)C(C)O.Cc1ccc(S(=O)(=O)O)cc1. The largest absolute Gasteiger partial charge is 0.464 e. The number of nitrogens with two attached hydrogens (primary N) is 1. The van der Waals surface area contributed by atoms with Crippen molar-refractivity contribution < 1.29 is 27.6 Å². The maximum Gasteiger partial charge on any atom is 0.325 e. The van der Waals surface area contributed by atoms with Gasteiger partial charge in [-0.1, -0.05) is 31.5 Å².